The highest BCUT2D eigenvalue weighted by Crippen LogP contribution is 2.21. The number of aliphatic imine (C=N–C) groups is 1. The molecule has 2 heterocycles. The van der Waals surface area contributed by atoms with Gasteiger partial charge in [0.15, 0.2) is 5.96 Å². The van der Waals surface area contributed by atoms with Crippen molar-refractivity contribution in [3.8, 4) is 0 Å². The molecule has 1 fully saturated rings. The molecule has 1 aromatic heterocycles. The minimum Gasteiger partial charge on any atom is -0.356 e. The van der Waals surface area contributed by atoms with Crippen LogP contribution in [0.4, 0.5) is 0 Å². The Hall–Kier alpha value is -2.36. The molecule has 0 aliphatic carbocycles. The average molecular weight is 351 g/mol. The van der Waals surface area contributed by atoms with Gasteiger partial charge in [-0.15, -0.1) is 0 Å². The van der Waals surface area contributed by atoms with Gasteiger partial charge in [-0.25, -0.2) is 0 Å². The van der Waals surface area contributed by atoms with Gasteiger partial charge in [-0.2, -0.15) is 0 Å². The van der Waals surface area contributed by atoms with E-state index in [1.54, 1.807) is 0 Å². The number of aromatic nitrogens is 1. The van der Waals surface area contributed by atoms with Crippen LogP contribution in [-0.4, -0.2) is 42.5 Å². The minimum atomic E-state index is 0.784. The summed E-state index contributed by atoms with van der Waals surface area (Å²) in [7, 11) is 1.88. The fourth-order valence-corrected chi connectivity index (χ4v) is 3.72. The Labute approximate surface area is 157 Å². The van der Waals surface area contributed by atoms with Crippen LogP contribution in [0.5, 0.6) is 0 Å². The van der Waals surface area contributed by atoms with E-state index in [0.717, 1.165) is 37.9 Å². The summed E-state index contributed by atoms with van der Waals surface area (Å²) < 4.78 is 0. The third-order valence-electron chi connectivity index (χ3n) is 5.31. The molecule has 4 heteroatoms. The number of piperidine rings is 1. The lowest BCUT2D eigenvalue weighted by molar-refractivity contribution is 0.259. The largest absolute Gasteiger partial charge is 0.356 e. The molecule has 0 radical (unpaired) electrons. The standard InChI is InChI=1S/C22H30N4/c1-18-17-24-12-8-21(18)9-13-25-22(23-2)26-14-10-20(11-15-26)16-19-6-4-3-5-7-19/h3-8,12,17,20H,9-11,13-16H2,1-2H3,(H,23,25). The van der Waals surface area contributed by atoms with Crippen molar-refractivity contribution in [3.63, 3.8) is 0 Å². The summed E-state index contributed by atoms with van der Waals surface area (Å²) in [6, 6.07) is 13.0. The second kappa shape index (κ2) is 9.37. The first-order chi connectivity index (χ1) is 12.8. The molecule has 1 saturated heterocycles. The van der Waals surface area contributed by atoms with Crippen LogP contribution in [0.2, 0.25) is 0 Å². The molecule has 0 saturated carbocycles. The van der Waals surface area contributed by atoms with E-state index >= 15 is 0 Å². The molecule has 0 atom stereocenters. The molecule has 0 spiro atoms. The van der Waals surface area contributed by atoms with Crippen molar-refractivity contribution >= 4 is 5.96 Å². The Kier molecular flexibility index (Phi) is 6.64. The second-order valence-electron chi connectivity index (χ2n) is 7.15. The highest BCUT2D eigenvalue weighted by Gasteiger charge is 2.21. The van der Waals surface area contributed by atoms with Crippen LogP contribution in [-0.2, 0) is 12.8 Å². The monoisotopic (exact) mass is 350 g/mol. The highest BCUT2D eigenvalue weighted by molar-refractivity contribution is 5.79. The Morgan fingerprint density at radius 3 is 2.65 bits per heavy atom. The van der Waals surface area contributed by atoms with Gasteiger partial charge in [0.1, 0.15) is 0 Å². The number of benzene rings is 1. The molecule has 2 aromatic rings. The second-order valence-corrected chi connectivity index (χ2v) is 7.15. The Bertz CT molecular complexity index is 703. The smallest absolute Gasteiger partial charge is 0.193 e. The summed E-state index contributed by atoms with van der Waals surface area (Å²) in [6.45, 7) is 5.20. The summed E-state index contributed by atoms with van der Waals surface area (Å²) in [5.41, 5.74) is 4.07. The molecule has 1 aliphatic rings. The predicted molar refractivity (Wildman–Crippen MR) is 108 cm³/mol. The maximum Gasteiger partial charge on any atom is 0.193 e. The van der Waals surface area contributed by atoms with Gasteiger partial charge in [-0.3, -0.25) is 9.98 Å². The van der Waals surface area contributed by atoms with Crippen LogP contribution in [0.25, 0.3) is 0 Å². The maximum atomic E-state index is 4.49. The van der Waals surface area contributed by atoms with E-state index in [1.807, 2.05) is 19.4 Å². The molecule has 1 aliphatic heterocycles. The Balaban J connectivity index is 1.44. The van der Waals surface area contributed by atoms with Gasteiger partial charge in [0.2, 0.25) is 0 Å². The summed E-state index contributed by atoms with van der Waals surface area (Å²) in [5.74, 6) is 1.82. The summed E-state index contributed by atoms with van der Waals surface area (Å²) in [6.07, 6.45) is 8.47. The van der Waals surface area contributed by atoms with Crippen molar-refractivity contribution in [2.75, 3.05) is 26.7 Å². The fraction of sp³-hybridized carbons (Fsp3) is 0.455. The third kappa shape index (κ3) is 5.07. The number of pyridine rings is 1. The molecule has 1 N–H and O–H groups in total. The predicted octanol–water partition coefficient (Wildman–Crippen LogP) is 3.46. The number of aryl methyl sites for hydroxylation is 1. The number of guanidine groups is 1. The van der Waals surface area contributed by atoms with Crippen LogP contribution in [0.1, 0.15) is 29.5 Å². The highest BCUT2D eigenvalue weighted by atomic mass is 15.3. The van der Waals surface area contributed by atoms with Crippen LogP contribution < -0.4 is 5.32 Å². The van der Waals surface area contributed by atoms with Crippen molar-refractivity contribution in [2.24, 2.45) is 10.9 Å². The van der Waals surface area contributed by atoms with E-state index in [0.29, 0.717) is 0 Å². The van der Waals surface area contributed by atoms with Gasteiger partial charge < -0.3 is 10.2 Å². The first kappa shape index (κ1) is 18.4. The van der Waals surface area contributed by atoms with E-state index in [-0.39, 0.29) is 0 Å². The van der Waals surface area contributed by atoms with E-state index < -0.39 is 0 Å². The van der Waals surface area contributed by atoms with E-state index in [2.05, 4.69) is 63.5 Å². The normalized spacial score (nSPS) is 15.9. The lowest BCUT2D eigenvalue weighted by Crippen LogP contribution is -2.46. The van der Waals surface area contributed by atoms with Crippen molar-refractivity contribution in [3.05, 3.63) is 65.5 Å². The molecular formula is C22H30N4. The Morgan fingerprint density at radius 2 is 1.96 bits per heavy atom. The van der Waals surface area contributed by atoms with E-state index in [4.69, 9.17) is 0 Å². The summed E-state index contributed by atoms with van der Waals surface area (Å²) >= 11 is 0. The molecule has 26 heavy (non-hydrogen) atoms. The Morgan fingerprint density at radius 1 is 1.19 bits per heavy atom. The van der Waals surface area contributed by atoms with Crippen molar-refractivity contribution in [1.29, 1.82) is 0 Å². The number of nitrogens with one attached hydrogen (secondary N) is 1. The molecule has 3 rings (SSSR count). The zero-order valence-electron chi connectivity index (χ0n) is 16.0. The molecule has 4 nitrogen and oxygen atoms in total. The molecule has 1 aromatic carbocycles. The lowest BCUT2D eigenvalue weighted by Gasteiger charge is -2.34. The quantitative estimate of drug-likeness (QED) is 0.663. The van der Waals surface area contributed by atoms with Gasteiger partial charge in [0, 0.05) is 39.1 Å². The first-order valence-electron chi connectivity index (χ1n) is 9.65. The number of hydrogen-bond acceptors (Lipinski definition) is 2. The minimum absolute atomic E-state index is 0.784. The SMILES string of the molecule is CN=C(NCCc1ccncc1C)N1CCC(Cc2ccccc2)CC1. The van der Waals surface area contributed by atoms with Crippen LogP contribution in [0.3, 0.4) is 0 Å². The average Bonchev–Trinajstić information content (AvgIpc) is 2.68. The van der Waals surface area contributed by atoms with Crippen molar-refractivity contribution < 1.29 is 0 Å². The van der Waals surface area contributed by atoms with E-state index in [1.165, 1.54) is 36.0 Å². The van der Waals surface area contributed by atoms with Crippen LogP contribution in [0, 0.1) is 12.8 Å². The number of hydrogen-bond donors (Lipinski definition) is 1. The summed E-state index contributed by atoms with van der Waals surface area (Å²) in [4.78, 5) is 11.1. The number of nitrogens with zero attached hydrogens (tertiary/aromatic N) is 3. The van der Waals surface area contributed by atoms with Gasteiger partial charge in [0.05, 0.1) is 0 Å². The molecule has 0 bridgehead atoms. The van der Waals surface area contributed by atoms with Gasteiger partial charge in [-0.1, -0.05) is 30.3 Å². The van der Waals surface area contributed by atoms with Crippen LogP contribution in [0.15, 0.2) is 53.8 Å². The zero-order valence-corrected chi connectivity index (χ0v) is 16.0. The lowest BCUT2D eigenvalue weighted by atomic mass is 9.90. The zero-order chi connectivity index (χ0) is 18.2. The molecule has 0 amide bonds. The molecule has 138 valence electrons. The van der Waals surface area contributed by atoms with Crippen LogP contribution >= 0.6 is 0 Å². The number of likely N-dealkylation sites (tertiary alicyclic amines) is 1. The third-order valence-corrected chi connectivity index (χ3v) is 5.31. The van der Waals surface area contributed by atoms with E-state index in [9.17, 15) is 0 Å². The van der Waals surface area contributed by atoms with Gasteiger partial charge in [0.25, 0.3) is 0 Å². The maximum absolute atomic E-state index is 4.49. The topological polar surface area (TPSA) is 40.5 Å². The summed E-state index contributed by atoms with van der Waals surface area (Å²) in [5, 5.41) is 3.53. The van der Waals surface area contributed by atoms with Crippen molar-refractivity contribution in [1.82, 2.24) is 15.2 Å². The number of rotatable bonds is 5. The molecule has 0 unspecified atom stereocenters. The molecular weight excluding hydrogens is 320 g/mol. The van der Waals surface area contributed by atoms with Gasteiger partial charge in [-0.05, 0) is 61.3 Å². The van der Waals surface area contributed by atoms with Gasteiger partial charge >= 0.3 is 0 Å². The van der Waals surface area contributed by atoms with Crippen molar-refractivity contribution in [2.45, 2.75) is 32.6 Å². The fourth-order valence-electron chi connectivity index (χ4n) is 3.72. The first-order valence-corrected chi connectivity index (χ1v) is 9.65.